The standard InChI is InChI=1S/C16H15F3N2O3S/c1-10(11-2-6-13(7-3-11)16(17,18)19)21-15(22)12-4-8-14(9-5-12)25(20,23)24/h2-10H,1H3,(H,21,22)(H2,20,23,24). The third-order valence-corrected chi connectivity index (χ3v) is 4.46. The molecule has 9 heteroatoms. The second kappa shape index (κ2) is 6.85. The zero-order valence-electron chi connectivity index (χ0n) is 13.0. The van der Waals surface area contributed by atoms with Gasteiger partial charge in [0.25, 0.3) is 5.91 Å². The summed E-state index contributed by atoms with van der Waals surface area (Å²) in [5, 5.41) is 7.60. The number of hydrogen-bond donors (Lipinski definition) is 2. The highest BCUT2D eigenvalue weighted by Gasteiger charge is 2.30. The smallest absolute Gasteiger partial charge is 0.346 e. The van der Waals surface area contributed by atoms with Crippen molar-refractivity contribution in [1.82, 2.24) is 5.32 Å². The summed E-state index contributed by atoms with van der Waals surface area (Å²) < 4.78 is 60.0. The van der Waals surface area contributed by atoms with Gasteiger partial charge in [0.05, 0.1) is 16.5 Å². The largest absolute Gasteiger partial charge is 0.416 e. The highest BCUT2D eigenvalue weighted by Crippen LogP contribution is 2.29. The minimum atomic E-state index is -4.42. The van der Waals surface area contributed by atoms with Gasteiger partial charge < -0.3 is 5.32 Å². The van der Waals surface area contributed by atoms with E-state index in [1.54, 1.807) is 6.92 Å². The quantitative estimate of drug-likeness (QED) is 0.865. The fraction of sp³-hybridized carbons (Fsp3) is 0.188. The van der Waals surface area contributed by atoms with Crippen LogP contribution in [0.3, 0.4) is 0 Å². The van der Waals surface area contributed by atoms with Gasteiger partial charge in [-0.15, -0.1) is 0 Å². The molecule has 0 aliphatic carbocycles. The number of amides is 1. The van der Waals surface area contributed by atoms with Crippen LogP contribution in [0.1, 0.15) is 34.5 Å². The summed E-state index contributed by atoms with van der Waals surface area (Å²) in [6, 6.07) is 8.93. The second-order valence-corrected chi connectivity index (χ2v) is 6.95. The molecule has 0 saturated carbocycles. The molecule has 0 radical (unpaired) electrons. The predicted octanol–water partition coefficient (Wildman–Crippen LogP) is 2.84. The molecule has 0 aromatic heterocycles. The van der Waals surface area contributed by atoms with Crippen LogP contribution in [-0.2, 0) is 16.2 Å². The molecule has 0 spiro atoms. The number of nitrogens with one attached hydrogen (secondary N) is 1. The first-order valence-electron chi connectivity index (χ1n) is 7.09. The second-order valence-electron chi connectivity index (χ2n) is 5.38. The van der Waals surface area contributed by atoms with Crippen molar-refractivity contribution in [3.05, 3.63) is 65.2 Å². The lowest BCUT2D eigenvalue weighted by molar-refractivity contribution is -0.137. The van der Waals surface area contributed by atoms with Gasteiger partial charge in [0, 0.05) is 5.56 Å². The van der Waals surface area contributed by atoms with E-state index in [1.807, 2.05) is 0 Å². The summed E-state index contributed by atoms with van der Waals surface area (Å²) in [6.07, 6.45) is -4.42. The lowest BCUT2D eigenvalue weighted by atomic mass is 10.1. The van der Waals surface area contributed by atoms with E-state index in [9.17, 15) is 26.4 Å². The summed E-state index contributed by atoms with van der Waals surface area (Å²) in [7, 11) is -3.85. The normalized spacial score (nSPS) is 13.3. The first-order chi connectivity index (χ1) is 11.5. The van der Waals surface area contributed by atoms with E-state index in [0.717, 1.165) is 12.1 Å². The molecule has 5 nitrogen and oxygen atoms in total. The van der Waals surface area contributed by atoms with Crippen molar-refractivity contribution in [3.63, 3.8) is 0 Å². The highest BCUT2D eigenvalue weighted by molar-refractivity contribution is 7.89. The molecule has 2 aromatic carbocycles. The van der Waals surface area contributed by atoms with Gasteiger partial charge in [-0.2, -0.15) is 13.2 Å². The number of primary sulfonamides is 1. The third-order valence-electron chi connectivity index (χ3n) is 3.53. The third kappa shape index (κ3) is 4.80. The van der Waals surface area contributed by atoms with Gasteiger partial charge >= 0.3 is 6.18 Å². The van der Waals surface area contributed by atoms with E-state index in [-0.39, 0.29) is 10.5 Å². The summed E-state index contributed by atoms with van der Waals surface area (Å²) in [4.78, 5) is 12.0. The van der Waals surface area contributed by atoms with Crippen LogP contribution < -0.4 is 10.5 Å². The Kier molecular flexibility index (Phi) is 5.19. The van der Waals surface area contributed by atoms with Gasteiger partial charge in [0.2, 0.25) is 10.0 Å². The van der Waals surface area contributed by atoms with Crippen LogP contribution in [0.25, 0.3) is 0 Å². The van der Waals surface area contributed by atoms with E-state index in [1.165, 1.54) is 36.4 Å². The molecule has 0 heterocycles. The molecule has 2 rings (SSSR count). The van der Waals surface area contributed by atoms with E-state index < -0.39 is 33.7 Å². The Labute approximate surface area is 142 Å². The molecule has 0 aliphatic heterocycles. The van der Waals surface area contributed by atoms with Crippen LogP contribution >= 0.6 is 0 Å². The summed E-state index contributed by atoms with van der Waals surface area (Å²) in [5.41, 5.74) is -0.0676. The molecule has 134 valence electrons. The molecule has 0 fully saturated rings. The van der Waals surface area contributed by atoms with E-state index in [4.69, 9.17) is 5.14 Å². The minimum Gasteiger partial charge on any atom is -0.346 e. The van der Waals surface area contributed by atoms with Crippen LogP contribution in [0.4, 0.5) is 13.2 Å². The molecule has 0 saturated heterocycles. The lowest BCUT2D eigenvalue weighted by Gasteiger charge is -2.15. The fourth-order valence-corrected chi connectivity index (χ4v) is 2.64. The van der Waals surface area contributed by atoms with Crippen molar-refractivity contribution in [1.29, 1.82) is 0 Å². The summed E-state index contributed by atoms with van der Waals surface area (Å²) in [5.74, 6) is -0.492. The van der Waals surface area contributed by atoms with Gasteiger partial charge in [-0.3, -0.25) is 4.79 Å². The number of carbonyl (C=O) groups excluding carboxylic acids is 1. The molecule has 1 amide bonds. The fourth-order valence-electron chi connectivity index (χ4n) is 2.12. The van der Waals surface area contributed by atoms with Crippen molar-refractivity contribution < 1.29 is 26.4 Å². The maximum absolute atomic E-state index is 12.5. The monoisotopic (exact) mass is 372 g/mol. The summed E-state index contributed by atoms with van der Waals surface area (Å²) >= 11 is 0. The zero-order valence-corrected chi connectivity index (χ0v) is 13.9. The van der Waals surface area contributed by atoms with Crippen LogP contribution in [-0.4, -0.2) is 14.3 Å². The number of sulfonamides is 1. The molecule has 0 aliphatic rings. The average molecular weight is 372 g/mol. The molecular weight excluding hydrogens is 357 g/mol. The van der Waals surface area contributed by atoms with Crippen molar-refractivity contribution in [2.45, 2.75) is 24.0 Å². The number of nitrogens with two attached hydrogens (primary N) is 1. The van der Waals surface area contributed by atoms with E-state index >= 15 is 0 Å². The first kappa shape index (κ1) is 18.9. The Bertz CT molecular complexity index is 861. The van der Waals surface area contributed by atoms with Crippen molar-refractivity contribution in [2.75, 3.05) is 0 Å². The first-order valence-corrected chi connectivity index (χ1v) is 8.64. The lowest BCUT2D eigenvalue weighted by Crippen LogP contribution is -2.26. The molecule has 25 heavy (non-hydrogen) atoms. The Morgan fingerprint density at radius 2 is 1.56 bits per heavy atom. The Morgan fingerprint density at radius 1 is 1.04 bits per heavy atom. The van der Waals surface area contributed by atoms with Crippen molar-refractivity contribution in [2.24, 2.45) is 5.14 Å². The molecule has 0 bridgehead atoms. The van der Waals surface area contributed by atoms with Crippen LogP contribution in [0.5, 0.6) is 0 Å². The number of halogens is 3. The maximum Gasteiger partial charge on any atom is 0.416 e. The molecular formula is C16H15F3N2O3S. The van der Waals surface area contributed by atoms with Crippen LogP contribution in [0.15, 0.2) is 53.4 Å². The van der Waals surface area contributed by atoms with Gasteiger partial charge in [0.1, 0.15) is 0 Å². The highest BCUT2D eigenvalue weighted by atomic mass is 32.2. The number of carbonyl (C=O) groups is 1. The Morgan fingerprint density at radius 3 is 2.00 bits per heavy atom. The maximum atomic E-state index is 12.5. The number of alkyl halides is 3. The SMILES string of the molecule is CC(NC(=O)c1ccc(S(N)(=O)=O)cc1)c1ccc(C(F)(F)F)cc1. The Hall–Kier alpha value is -2.39. The molecule has 1 unspecified atom stereocenters. The molecule has 1 atom stereocenters. The van der Waals surface area contributed by atoms with Gasteiger partial charge in [-0.1, -0.05) is 12.1 Å². The van der Waals surface area contributed by atoms with E-state index in [0.29, 0.717) is 5.56 Å². The minimum absolute atomic E-state index is 0.125. The van der Waals surface area contributed by atoms with Crippen LogP contribution in [0, 0.1) is 0 Å². The molecule has 3 N–H and O–H groups in total. The molecule has 2 aromatic rings. The average Bonchev–Trinajstić information content (AvgIpc) is 2.53. The number of hydrogen-bond acceptors (Lipinski definition) is 3. The topological polar surface area (TPSA) is 89.3 Å². The number of rotatable bonds is 4. The Balaban J connectivity index is 2.09. The van der Waals surface area contributed by atoms with Gasteiger partial charge in [0.15, 0.2) is 0 Å². The number of benzene rings is 2. The van der Waals surface area contributed by atoms with Gasteiger partial charge in [-0.25, -0.2) is 13.6 Å². The zero-order chi connectivity index (χ0) is 18.8. The summed E-state index contributed by atoms with van der Waals surface area (Å²) in [6.45, 7) is 1.62. The predicted molar refractivity (Wildman–Crippen MR) is 85.1 cm³/mol. The van der Waals surface area contributed by atoms with Crippen molar-refractivity contribution >= 4 is 15.9 Å². The van der Waals surface area contributed by atoms with Crippen molar-refractivity contribution in [3.8, 4) is 0 Å². The van der Waals surface area contributed by atoms with E-state index in [2.05, 4.69) is 5.32 Å². The van der Waals surface area contributed by atoms with Crippen LogP contribution in [0.2, 0.25) is 0 Å². The van der Waals surface area contributed by atoms with Gasteiger partial charge in [-0.05, 0) is 48.9 Å².